The van der Waals surface area contributed by atoms with E-state index in [9.17, 15) is 4.79 Å². The molecule has 1 N–H and O–H groups in total. The zero-order chi connectivity index (χ0) is 17.3. The zero-order valence-corrected chi connectivity index (χ0v) is 16.0. The van der Waals surface area contributed by atoms with Gasteiger partial charge < -0.3 is 15.0 Å². The lowest BCUT2D eigenvalue weighted by Gasteiger charge is -2.35. The van der Waals surface area contributed by atoms with Gasteiger partial charge in [0.05, 0.1) is 0 Å². The van der Waals surface area contributed by atoms with Gasteiger partial charge in [0.25, 0.3) is 0 Å². The number of ether oxygens (including phenoxy) is 1. The summed E-state index contributed by atoms with van der Waals surface area (Å²) in [7, 11) is 0. The van der Waals surface area contributed by atoms with E-state index in [-0.39, 0.29) is 6.09 Å². The Morgan fingerprint density at radius 3 is 2.35 bits per heavy atom. The van der Waals surface area contributed by atoms with Crippen LogP contribution >= 0.6 is 0 Å². The highest BCUT2D eigenvalue weighted by molar-refractivity contribution is 5.68. The molecule has 136 valence electrons. The Bertz CT molecular complexity index is 331. The van der Waals surface area contributed by atoms with Crippen LogP contribution in [-0.4, -0.2) is 41.8 Å². The Morgan fingerprint density at radius 2 is 1.78 bits per heavy atom. The number of nitrogens with one attached hydrogen (secondary N) is 1. The number of likely N-dealkylation sites (tertiary alicyclic amines) is 1. The third kappa shape index (κ3) is 9.19. The molecule has 0 aromatic heterocycles. The van der Waals surface area contributed by atoms with Crippen LogP contribution in [0.15, 0.2) is 0 Å². The van der Waals surface area contributed by atoms with E-state index >= 15 is 0 Å². The number of piperidine rings is 1. The maximum atomic E-state index is 12.1. The second kappa shape index (κ2) is 10.2. The standard InChI is InChI=1S/C19H38N2O2/c1-6-7-8-9-10-11-16(2)20-17-12-14-21(15-13-17)18(22)23-19(3,4)5/h16-17,20H,6-15H2,1-5H3. The van der Waals surface area contributed by atoms with E-state index in [1.165, 1.54) is 38.5 Å². The molecule has 1 aliphatic heterocycles. The van der Waals surface area contributed by atoms with Gasteiger partial charge in [-0.25, -0.2) is 4.79 Å². The molecule has 1 unspecified atom stereocenters. The lowest BCUT2D eigenvalue weighted by atomic mass is 10.0. The van der Waals surface area contributed by atoms with Gasteiger partial charge in [-0.05, 0) is 47.0 Å². The molecule has 0 radical (unpaired) electrons. The normalized spacial score (nSPS) is 18.0. The second-order valence-electron chi connectivity index (χ2n) is 8.01. The van der Waals surface area contributed by atoms with E-state index < -0.39 is 5.60 Å². The molecule has 1 fully saturated rings. The molecule has 0 spiro atoms. The molecule has 0 aliphatic carbocycles. The number of unbranched alkanes of at least 4 members (excludes halogenated alkanes) is 4. The lowest BCUT2D eigenvalue weighted by Crippen LogP contribution is -2.48. The average molecular weight is 327 g/mol. The zero-order valence-electron chi connectivity index (χ0n) is 16.0. The predicted octanol–water partition coefficient (Wildman–Crippen LogP) is 4.72. The summed E-state index contributed by atoms with van der Waals surface area (Å²) in [6.07, 6.45) is 9.88. The fraction of sp³-hybridized carbons (Fsp3) is 0.947. The number of hydrogen-bond acceptors (Lipinski definition) is 3. The Labute approximate surface area is 143 Å². The fourth-order valence-electron chi connectivity index (χ4n) is 3.09. The Balaban J connectivity index is 2.17. The minimum Gasteiger partial charge on any atom is -0.444 e. The van der Waals surface area contributed by atoms with Gasteiger partial charge in [-0.2, -0.15) is 0 Å². The van der Waals surface area contributed by atoms with Crippen molar-refractivity contribution in [3.05, 3.63) is 0 Å². The van der Waals surface area contributed by atoms with Crippen LogP contribution in [0.5, 0.6) is 0 Å². The molecule has 4 nitrogen and oxygen atoms in total. The van der Waals surface area contributed by atoms with Gasteiger partial charge in [-0.15, -0.1) is 0 Å². The smallest absolute Gasteiger partial charge is 0.410 e. The molecular formula is C19H38N2O2. The monoisotopic (exact) mass is 326 g/mol. The summed E-state index contributed by atoms with van der Waals surface area (Å²) in [5, 5.41) is 3.74. The Kier molecular flexibility index (Phi) is 8.96. The maximum Gasteiger partial charge on any atom is 0.410 e. The van der Waals surface area contributed by atoms with Crippen molar-refractivity contribution in [3.8, 4) is 0 Å². The van der Waals surface area contributed by atoms with Crippen LogP contribution in [0.4, 0.5) is 4.79 Å². The first kappa shape index (κ1) is 20.3. The van der Waals surface area contributed by atoms with E-state index in [4.69, 9.17) is 4.74 Å². The van der Waals surface area contributed by atoms with Gasteiger partial charge in [0, 0.05) is 25.2 Å². The maximum absolute atomic E-state index is 12.1. The molecule has 0 bridgehead atoms. The van der Waals surface area contributed by atoms with E-state index in [0.717, 1.165) is 25.9 Å². The van der Waals surface area contributed by atoms with E-state index in [2.05, 4.69) is 19.2 Å². The van der Waals surface area contributed by atoms with Gasteiger partial charge in [0.1, 0.15) is 5.60 Å². The van der Waals surface area contributed by atoms with Crippen molar-refractivity contribution in [2.24, 2.45) is 0 Å². The van der Waals surface area contributed by atoms with Gasteiger partial charge >= 0.3 is 6.09 Å². The molecule has 1 saturated heterocycles. The number of rotatable bonds is 8. The topological polar surface area (TPSA) is 41.6 Å². The summed E-state index contributed by atoms with van der Waals surface area (Å²) in [4.78, 5) is 13.9. The molecule has 1 rings (SSSR count). The molecule has 0 saturated carbocycles. The number of hydrogen-bond donors (Lipinski definition) is 1. The largest absolute Gasteiger partial charge is 0.444 e. The van der Waals surface area contributed by atoms with Gasteiger partial charge in [-0.3, -0.25) is 0 Å². The van der Waals surface area contributed by atoms with Gasteiger partial charge in [-0.1, -0.05) is 39.0 Å². The predicted molar refractivity (Wildman–Crippen MR) is 96.8 cm³/mol. The second-order valence-corrected chi connectivity index (χ2v) is 8.01. The number of carbonyl (C=O) groups excluding carboxylic acids is 1. The van der Waals surface area contributed by atoms with Crippen LogP contribution in [0.2, 0.25) is 0 Å². The molecule has 0 aromatic rings. The van der Waals surface area contributed by atoms with Crippen LogP contribution in [0, 0.1) is 0 Å². The molecule has 1 aliphatic rings. The van der Waals surface area contributed by atoms with E-state index in [1.54, 1.807) is 0 Å². The van der Waals surface area contributed by atoms with Crippen LogP contribution in [0.25, 0.3) is 0 Å². The van der Waals surface area contributed by atoms with Crippen molar-refractivity contribution < 1.29 is 9.53 Å². The summed E-state index contributed by atoms with van der Waals surface area (Å²) in [6, 6.07) is 1.12. The van der Waals surface area contributed by atoms with Gasteiger partial charge in [0.15, 0.2) is 0 Å². The summed E-state index contributed by atoms with van der Waals surface area (Å²) >= 11 is 0. The summed E-state index contributed by atoms with van der Waals surface area (Å²) in [6.45, 7) is 11.9. The first-order valence-corrected chi connectivity index (χ1v) is 9.55. The Hall–Kier alpha value is -0.770. The lowest BCUT2D eigenvalue weighted by molar-refractivity contribution is 0.0196. The first-order valence-electron chi connectivity index (χ1n) is 9.55. The van der Waals surface area contributed by atoms with Crippen molar-refractivity contribution in [2.75, 3.05) is 13.1 Å². The highest BCUT2D eigenvalue weighted by Crippen LogP contribution is 2.16. The van der Waals surface area contributed by atoms with Crippen molar-refractivity contribution in [2.45, 2.75) is 104 Å². The van der Waals surface area contributed by atoms with Crippen molar-refractivity contribution in [1.82, 2.24) is 10.2 Å². The van der Waals surface area contributed by atoms with Crippen LogP contribution in [0.1, 0.15) is 86.0 Å². The Morgan fingerprint density at radius 1 is 1.17 bits per heavy atom. The van der Waals surface area contributed by atoms with Crippen LogP contribution < -0.4 is 5.32 Å². The average Bonchev–Trinajstić information content (AvgIpc) is 2.46. The third-order valence-corrected chi connectivity index (χ3v) is 4.41. The quantitative estimate of drug-likeness (QED) is 0.656. The van der Waals surface area contributed by atoms with Gasteiger partial charge in [0.2, 0.25) is 0 Å². The molecule has 0 aromatic carbocycles. The summed E-state index contributed by atoms with van der Waals surface area (Å²) < 4.78 is 5.45. The van der Waals surface area contributed by atoms with Crippen molar-refractivity contribution >= 4 is 6.09 Å². The molecule has 1 atom stereocenters. The van der Waals surface area contributed by atoms with Crippen molar-refractivity contribution in [1.29, 1.82) is 0 Å². The summed E-state index contributed by atoms with van der Waals surface area (Å²) in [5.74, 6) is 0. The van der Waals surface area contributed by atoms with E-state index in [0.29, 0.717) is 12.1 Å². The first-order chi connectivity index (χ1) is 10.8. The number of nitrogens with zero attached hydrogens (tertiary/aromatic N) is 1. The van der Waals surface area contributed by atoms with Crippen LogP contribution in [-0.2, 0) is 4.74 Å². The molecule has 1 amide bonds. The number of amides is 1. The molecule has 1 heterocycles. The highest BCUT2D eigenvalue weighted by atomic mass is 16.6. The highest BCUT2D eigenvalue weighted by Gasteiger charge is 2.27. The van der Waals surface area contributed by atoms with Crippen LogP contribution in [0.3, 0.4) is 0 Å². The fourth-order valence-corrected chi connectivity index (χ4v) is 3.09. The van der Waals surface area contributed by atoms with Crippen molar-refractivity contribution in [3.63, 3.8) is 0 Å². The minimum atomic E-state index is -0.404. The summed E-state index contributed by atoms with van der Waals surface area (Å²) in [5.41, 5.74) is -0.404. The minimum absolute atomic E-state index is 0.167. The molecular weight excluding hydrogens is 288 g/mol. The molecule has 4 heteroatoms. The number of carbonyl (C=O) groups is 1. The van der Waals surface area contributed by atoms with E-state index in [1.807, 2.05) is 25.7 Å². The SMILES string of the molecule is CCCCCCCC(C)NC1CCN(C(=O)OC(C)(C)C)CC1. The third-order valence-electron chi connectivity index (χ3n) is 4.41. The molecule has 23 heavy (non-hydrogen) atoms.